The number of nitrogens with one attached hydrogen (secondary N) is 1. The summed E-state index contributed by atoms with van der Waals surface area (Å²) in [5.74, 6) is 1.41. The van der Waals surface area contributed by atoms with Gasteiger partial charge in [0.05, 0.1) is 31.2 Å². The summed E-state index contributed by atoms with van der Waals surface area (Å²) in [5, 5.41) is 7.26. The molecule has 2 atom stereocenters. The average molecular weight is 397 g/mol. The number of ether oxygens (including phenoxy) is 1. The number of halogens is 1. The molecule has 4 aromatic rings. The highest BCUT2D eigenvalue weighted by molar-refractivity contribution is 6.29. The van der Waals surface area contributed by atoms with Crippen molar-refractivity contribution in [3.8, 4) is 11.5 Å². The monoisotopic (exact) mass is 396 g/mol. The van der Waals surface area contributed by atoms with Crippen LogP contribution in [-0.2, 0) is 4.74 Å². The van der Waals surface area contributed by atoms with Gasteiger partial charge in [0.15, 0.2) is 11.5 Å². The molecule has 5 heterocycles. The fraction of sp³-hybridized carbons (Fsp3) is 0.278. The second-order valence-electron chi connectivity index (χ2n) is 6.69. The molecule has 0 bridgehead atoms. The number of anilines is 1. The standard InChI is InChI=1S/C18H17ClN8O/c1-11-8-26(9-14(28-11)12-4-23-24-5-12)16-2-3-20-18(25-16)13-6-22-17-7-21-15(19)10-27(13)17/h2-7,10-11,14H,8-9H2,1H3,(H,23,24). The minimum Gasteiger partial charge on any atom is -0.367 e. The molecule has 0 aliphatic carbocycles. The molecular formula is C18H17ClN8O. The van der Waals surface area contributed by atoms with Gasteiger partial charge in [-0.15, -0.1) is 0 Å². The first-order valence-corrected chi connectivity index (χ1v) is 9.26. The number of rotatable bonds is 3. The van der Waals surface area contributed by atoms with Crippen molar-refractivity contribution in [1.29, 1.82) is 0 Å². The van der Waals surface area contributed by atoms with Crippen LogP contribution in [0.15, 0.2) is 43.2 Å². The maximum atomic E-state index is 6.07. The Hall–Kier alpha value is -3.04. The third kappa shape index (κ3) is 3.08. The molecule has 1 aliphatic rings. The van der Waals surface area contributed by atoms with Gasteiger partial charge >= 0.3 is 0 Å². The topological polar surface area (TPSA) is 97.1 Å². The molecule has 5 rings (SSSR count). The van der Waals surface area contributed by atoms with Crippen molar-refractivity contribution < 1.29 is 4.74 Å². The van der Waals surface area contributed by atoms with E-state index in [1.165, 1.54) is 0 Å². The molecule has 0 saturated carbocycles. The van der Waals surface area contributed by atoms with E-state index in [0.29, 0.717) is 23.2 Å². The van der Waals surface area contributed by atoms with Gasteiger partial charge in [-0.2, -0.15) is 5.10 Å². The van der Waals surface area contributed by atoms with Crippen molar-refractivity contribution in [2.45, 2.75) is 19.1 Å². The number of aromatic amines is 1. The van der Waals surface area contributed by atoms with Crippen LogP contribution in [0.2, 0.25) is 5.15 Å². The molecule has 0 amide bonds. The van der Waals surface area contributed by atoms with E-state index >= 15 is 0 Å². The summed E-state index contributed by atoms with van der Waals surface area (Å²) in [6.45, 7) is 3.48. The van der Waals surface area contributed by atoms with E-state index in [-0.39, 0.29) is 12.2 Å². The van der Waals surface area contributed by atoms with E-state index in [1.54, 1.807) is 31.0 Å². The highest BCUT2D eigenvalue weighted by atomic mass is 35.5. The zero-order valence-electron chi connectivity index (χ0n) is 15.0. The van der Waals surface area contributed by atoms with Crippen LogP contribution in [0.1, 0.15) is 18.6 Å². The van der Waals surface area contributed by atoms with Crippen LogP contribution in [0.3, 0.4) is 0 Å². The molecule has 1 N–H and O–H groups in total. The van der Waals surface area contributed by atoms with Gasteiger partial charge in [0.25, 0.3) is 0 Å². The number of imidazole rings is 1. The van der Waals surface area contributed by atoms with Gasteiger partial charge in [0, 0.05) is 30.7 Å². The molecule has 0 radical (unpaired) electrons. The van der Waals surface area contributed by atoms with Crippen molar-refractivity contribution in [1.82, 2.24) is 34.5 Å². The van der Waals surface area contributed by atoms with E-state index in [1.807, 2.05) is 16.7 Å². The van der Waals surface area contributed by atoms with Crippen LogP contribution in [0.4, 0.5) is 5.82 Å². The van der Waals surface area contributed by atoms with Gasteiger partial charge in [0.2, 0.25) is 0 Å². The SMILES string of the molecule is CC1CN(c2ccnc(-c3cnc4cnc(Cl)cn34)n2)CC(c2cn[nH]c2)O1. The zero-order chi connectivity index (χ0) is 19.1. The van der Waals surface area contributed by atoms with Gasteiger partial charge in [-0.05, 0) is 13.0 Å². The Bertz CT molecular complexity index is 1110. The number of nitrogens with zero attached hydrogens (tertiary/aromatic N) is 7. The Balaban J connectivity index is 1.49. The van der Waals surface area contributed by atoms with Crippen LogP contribution in [0.5, 0.6) is 0 Å². The van der Waals surface area contributed by atoms with E-state index in [9.17, 15) is 0 Å². The van der Waals surface area contributed by atoms with Crippen molar-refractivity contribution >= 4 is 23.1 Å². The fourth-order valence-electron chi connectivity index (χ4n) is 3.44. The van der Waals surface area contributed by atoms with E-state index in [0.717, 1.165) is 23.6 Å². The number of hydrogen-bond acceptors (Lipinski definition) is 7. The first-order valence-electron chi connectivity index (χ1n) is 8.88. The van der Waals surface area contributed by atoms with Gasteiger partial charge in [0.1, 0.15) is 22.8 Å². The quantitative estimate of drug-likeness (QED) is 0.568. The number of morpholine rings is 1. The van der Waals surface area contributed by atoms with Crippen molar-refractivity contribution in [3.63, 3.8) is 0 Å². The first-order chi connectivity index (χ1) is 13.7. The molecule has 1 fully saturated rings. The molecule has 1 saturated heterocycles. The van der Waals surface area contributed by atoms with Crippen molar-refractivity contribution in [2.75, 3.05) is 18.0 Å². The third-order valence-corrected chi connectivity index (χ3v) is 4.91. The molecule has 28 heavy (non-hydrogen) atoms. The van der Waals surface area contributed by atoms with E-state index < -0.39 is 0 Å². The predicted molar refractivity (Wildman–Crippen MR) is 103 cm³/mol. The van der Waals surface area contributed by atoms with Crippen molar-refractivity contribution in [2.24, 2.45) is 0 Å². The normalized spacial score (nSPS) is 20.0. The lowest BCUT2D eigenvalue weighted by Crippen LogP contribution is -2.43. The smallest absolute Gasteiger partial charge is 0.180 e. The molecule has 1 aliphatic heterocycles. The molecular weight excluding hydrogens is 380 g/mol. The fourth-order valence-corrected chi connectivity index (χ4v) is 3.59. The molecule has 0 spiro atoms. The summed E-state index contributed by atoms with van der Waals surface area (Å²) in [5.41, 5.74) is 2.47. The Morgan fingerprint density at radius 1 is 1.18 bits per heavy atom. The Kier molecular flexibility index (Phi) is 4.18. The Morgan fingerprint density at radius 2 is 2.11 bits per heavy atom. The largest absolute Gasteiger partial charge is 0.367 e. The van der Waals surface area contributed by atoms with Crippen LogP contribution >= 0.6 is 11.6 Å². The summed E-state index contributed by atoms with van der Waals surface area (Å²) in [6.07, 6.45) is 10.5. The molecule has 9 nitrogen and oxygen atoms in total. The maximum Gasteiger partial charge on any atom is 0.180 e. The second-order valence-corrected chi connectivity index (χ2v) is 7.08. The second kappa shape index (κ2) is 6.84. The summed E-state index contributed by atoms with van der Waals surface area (Å²) in [4.78, 5) is 19.8. The summed E-state index contributed by atoms with van der Waals surface area (Å²) in [7, 11) is 0. The van der Waals surface area contributed by atoms with Gasteiger partial charge < -0.3 is 9.64 Å². The van der Waals surface area contributed by atoms with Gasteiger partial charge in [-0.1, -0.05) is 11.6 Å². The summed E-state index contributed by atoms with van der Waals surface area (Å²) in [6, 6.07) is 1.91. The molecule has 10 heteroatoms. The molecule has 142 valence electrons. The highest BCUT2D eigenvalue weighted by Gasteiger charge is 2.28. The van der Waals surface area contributed by atoms with E-state index in [2.05, 4.69) is 37.0 Å². The van der Waals surface area contributed by atoms with Gasteiger partial charge in [-0.25, -0.2) is 19.9 Å². The molecule has 4 aromatic heterocycles. The molecule has 0 aromatic carbocycles. The van der Waals surface area contributed by atoms with Crippen LogP contribution in [0.25, 0.3) is 17.2 Å². The average Bonchev–Trinajstić information content (AvgIpc) is 3.37. The van der Waals surface area contributed by atoms with Crippen LogP contribution in [-0.4, -0.2) is 53.7 Å². The first kappa shape index (κ1) is 17.1. The number of H-pyrrole nitrogens is 1. The van der Waals surface area contributed by atoms with Crippen LogP contribution < -0.4 is 4.90 Å². The lowest BCUT2D eigenvalue weighted by atomic mass is 10.1. The number of aromatic nitrogens is 7. The maximum absolute atomic E-state index is 6.07. The summed E-state index contributed by atoms with van der Waals surface area (Å²) >= 11 is 6.04. The Morgan fingerprint density at radius 3 is 2.96 bits per heavy atom. The highest BCUT2D eigenvalue weighted by Crippen LogP contribution is 2.28. The number of hydrogen-bond donors (Lipinski definition) is 1. The predicted octanol–water partition coefficient (Wildman–Crippen LogP) is 2.53. The molecule has 2 unspecified atom stereocenters. The van der Waals surface area contributed by atoms with E-state index in [4.69, 9.17) is 21.3 Å². The van der Waals surface area contributed by atoms with Crippen LogP contribution in [0, 0.1) is 0 Å². The third-order valence-electron chi connectivity index (χ3n) is 4.71. The minimum absolute atomic E-state index is 0.0627. The minimum atomic E-state index is -0.0680. The zero-order valence-corrected chi connectivity index (χ0v) is 15.8. The number of fused-ring (bicyclic) bond motifs is 1. The summed E-state index contributed by atoms with van der Waals surface area (Å²) < 4.78 is 7.91. The lowest BCUT2D eigenvalue weighted by Gasteiger charge is -2.37. The van der Waals surface area contributed by atoms with Crippen molar-refractivity contribution in [3.05, 3.63) is 54.0 Å². The van der Waals surface area contributed by atoms with Gasteiger partial charge in [-0.3, -0.25) is 9.50 Å². The Labute approximate surface area is 165 Å². The lowest BCUT2D eigenvalue weighted by molar-refractivity contribution is -0.0175.